The first kappa shape index (κ1) is 17.1. The zero-order valence-corrected chi connectivity index (χ0v) is 14.3. The summed E-state index contributed by atoms with van der Waals surface area (Å²) in [6, 6.07) is 12.5. The molecule has 1 aliphatic heterocycles. The molecule has 0 radical (unpaired) electrons. The van der Waals surface area contributed by atoms with E-state index in [9.17, 15) is 14.0 Å². The fourth-order valence-corrected chi connectivity index (χ4v) is 3.07. The molecule has 2 amide bonds. The summed E-state index contributed by atoms with van der Waals surface area (Å²) >= 11 is 0. The maximum atomic E-state index is 13.0. The number of anilines is 1. The number of hydrogen-bond acceptors (Lipinski definition) is 2. The smallest absolute Gasteiger partial charge is 0.251 e. The predicted octanol–water partition coefficient (Wildman–Crippen LogP) is 3.17. The lowest BCUT2D eigenvalue weighted by Crippen LogP contribution is -2.51. The first-order valence-electron chi connectivity index (χ1n) is 8.43. The van der Waals surface area contributed by atoms with Gasteiger partial charge in [-0.05, 0) is 48.2 Å². The summed E-state index contributed by atoms with van der Waals surface area (Å²) in [5.41, 5.74) is 2.39. The molecule has 5 heteroatoms. The largest absolute Gasteiger partial charge is 0.340 e. The normalized spacial score (nSPS) is 14.3. The second kappa shape index (κ2) is 7.05. The molecule has 0 saturated carbocycles. The van der Waals surface area contributed by atoms with Gasteiger partial charge in [0.15, 0.2) is 0 Å². The summed E-state index contributed by atoms with van der Waals surface area (Å²) in [5, 5.41) is 2.81. The van der Waals surface area contributed by atoms with Crippen LogP contribution in [0.1, 0.15) is 29.8 Å². The Morgan fingerprint density at radius 1 is 1.08 bits per heavy atom. The van der Waals surface area contributed by atoms with Crippen molar-refractivity contribution in [1.29, 1.82) is 0 Å². The minimum Gasteiger partial charge on any atom is -0.340 e. The van der Waals surface area contributed by atoms with Crippen LogP contribution < -0.4 is 10.2 Å². The van der Waals surface area contributed by atoms with Crippen LogP contribution in [0.25, 0.3) is 0 Å². The highest BCUT2D eigenvalue weighted by molar-refractivity contribution is 6.03. The van der Waals surface area contributed by atoms with Crippen molar-refractivity contribution in [2.75, 3.05) is 11.4 Å². The molecule has 1 aliphatic rings. The Balaban J connectivity index is 1.78. The number of fused-ring (bicyclic) bond motifs is 1. The summed E-state index contributed by atoms with van der Waals surface area (Å²) < 4.78 is 13.0. The van der Waals surface area contributed by atoms with Crippen LogP contribution in [0.15, 0.2) is 48.5 Å². The summed E-state index contributed by atoms with van der Waals surface area (Å²) in [7, 11) is 0. The number of para-hydroxylation sites is 1. The molecule has 1 unspecified atom stereocenters. The average Bonchev–Trinajstić information content (AvgIpc) is 3.03. The summed E-state index contributed by atoms with van der Waals surface area (Å²) in [6.07, 6.45) is 0.818. The fourth-order valence-electron chi connectivity index (χ4n) is 3.07. The molecule has 1 N–H and O–H groups in total. The monoisotopic (exact) mass is 340 g/mol. The number of amides is 2. The van der Waals surface area contributed by atoms with Crippen molar-refractivity contribution in [2.24, 2.45) is 5.92 Å². The topological polar surface area (TPSA) is 49.4 Å². The lowest BCUT2D eigenvalue weighted by Gasteiger charge is -2.27. The van der Waals surface area contributed by atoms with Crippen LogP contribution in [-0.2, 0) is 11.2 Å². The third-order valence-electron chi connectivity index (χ3n) is 4.48. The van der Waals surface area contributed by atoms with Gasteiger partial charge < -0.3 is 10.2 Å². The molecule has 25 heavy (non-hydrogen) atoms. The fraction of sp³-hybridized carbons (Fsp3) is 0.300. The zero-order chi connectivity index (χ0) is 18.0. The number of carbonyl (C=O) groups is 2. The van der Waals surface area contributed by atoms with E-state index < -0.39 is 11.9 Å². The van der Waals surface area contributed by atoms with Crippen LogP contribution >= 0.6 is 0 Å². The SMILES string of the molecule is CC(C)C(NC(=O)c1ccc(F)cc1)C(=O)N1CCc2ccccc21. The van der Waals surface area contributed by atoms with E-state index in [0.717, 1.165) is 17.7 Å². The number of nitrogens with one attached hydrogen (secondary N) is 1. The predicted molar refractivity (Wildman–Crippen MR) is 95.0 cm³/mol. The third kappa shape index (κ3) is 3.55. The molecule has 130 valence electrons. The molecule has 2 aromatic carbocycles. The summed E-state index contributed by atoms with van der Waals surface area (Å²) in [6.45, 7) is 4.42. The highest BCUT2D eigenvalue weighted by atomic mass is 19.1. The molecular formula is C20H21FN2O2. The van der Waals surface area contributed by atoms with Gasteiger partial charge in [-0.25, -0.2) is 4.39 Å². The van der Waals surface area contributed by atoms with E-state index in [1.165, 1.54) is 24.3 Å². The van der Waals surface area contributed by atoms with Crippen molar-refractivity contribution in [3.8, 4) is 0 Å². The van der Waals surface area contributed by atoms with E-state index in [0.29, 0.717) is 12.1 Å². The average molecular weight is 340 g/mol. The van der Waals surface area contributed by atoms with E-state index in [2.05, 4.69) is 5.32 Å². The molecule has 0 bridgehead atoms. The van der Waals surface area contributed by atoms with Gasteiger partial charge in [0.2, 0.25) is 5.91 Å². The second-order valence-corrected chi connectivity index (χ2v) is 6.57. The Kier molecular flexibility index (Phi) is 4.83. The molecule has 1 atom stereocenters. The Bertz CT molecular complexity index is 787. The van der Waals surface area contributed by atoms with Crippen LogP contribution in [0.3, 0.4) is 0 Å². The van der Waals surface area contributed by atoms with Gasteiger partial charge in [0, 0.05) is 17.8 Å². The van der Waals surface area contributed by atoms with Crippen LogP contribution in [0, 0.1) is 11.7 Å². The number of benzene rings is 2. The molecule has 0 spiro atoms. The quantitative estimate of drug-likeness (QED) is 0.929. The Morgan fingerprint density at radius 3 is 2.44 bits per heavy atom. The second-order valence-electron chi connectivity index (χ2n) is 6.57. The Labute approximate surface area is 146 Å². The number of nitrogens with zero attached hydrogens (tertiary/aromatic N) is 1. The van der Waals surface area contributed by atoms with Gasteiger partial charge in [-0.1, -0.05) is 32.0 Å². The van der Waals surface area contributed by atoms with Gasteiger partial charge in [-0.15, -0.1) is 0 Å². The van der Waals surface area contributed by atoms with E-state index in [-0.39, 0.29) is 17.7 Å². The van der Waals surface area contributed by atoms with E-state index in [4.69, 9.17) is 0 Å². The molecule has 0 fully saturated rings. The van der Waals surface area contributed by atoms with Gasteiger partial charge in [-0.2, -0.15) is 0 Å². The Hall–Kier alpha value is -2.69. The van der Waals surface area contributed by atoms with E-state index in [1.807, 2.05) is 38.1 Å². The molecule has 3 rings (SSSR count). The lowest BCUT2D eigenvalue weighted by atomic mass is 10.0. The van der Waals surface area contributed by atoms with Crippen molar-refractivity contribution in [2.45, 2.75) is 26.3 Å². The molecule has 0 aliphatic carbocycles. The molecule has 0 saturated heterocycles. The minimum atomic E-state index is -0.635. The lowest BCUT2D eigenvalue weighted by molar-refractivity contribution is -0.121. The molecule has 4 nitrogen and oxygen atoms in total. The Morgan fingerprint density at radius 2 is 1.76 bits per heavy atom. The van der Waals surface area contributed by atoms with Gasteiger partial charge in [-0.3, -0.25) is 9.59 Å². The molecular weight excluding hydrogens is 319 g/mol. The van der Waals surface area contributed by atoms with Gasteiger partial charge in [0.05, 0.1) is 0 Å². The van der Waals surface area contributed by atoms with Crippen LogP contribution in [0.4, 0.5) is 10.1 Å². The number of carbonyl (C=O) groups excluding carboxylic acids is 2. The number of halogens is 1. The van der Waals surface area contributed by atoms with Crippen molar-refractivity contribution < 1.29 is 14.0 Å². The van der Waals surface area contributed by atoms with E-state index in [1.54, 1.807) is 4.90 Å². The van der Waals surface area contributed by atoms with Crippen molar-refractivity contribution >= 4 is 17.5 Å². The van der Waals surface area contributed by atoms with Crippen molar-refractivity contribution in [3.63, 3.8) is 0 Å². The molecule has 2 aromatic rings. The molecule has 1 heterocycles. The molecule has 0 aromatic heterocycles. The summed E-state index contributed by atoms with van der Waals surface area (Å²) in [5.74, 6) is -0.957. The van der Waals surface area contributed by atoms with Crippen LogP contribution in [0.2, 0.25) is 0 Å². The minimum absolute atomic E-state index is 0.0651. The number of hydrogen-bond donors (Lipinski definition) is 1. The third-order valence-corrected chi connectivity index (χ3v) is 4.48. The maximum Gasteiger partial charge on any atom is 0.251 e. The van der Waals surface area contributed by atoms with Crippen molar-refractivity contribution in [3.05, 3.63) is 65.5 Å². The van der Waals surface area contributed by atoms with Crippen molar-refractivity contribution in [1.82, 2.24) is 5.32 Å². The maximum absolute atomic E-state index is 13.0. The highest BCUT2D eigenvalue weighted by Crippen LogP contribution is 2.28. The van der Waals surface area contributed by atoms with Crippen LogP contribution in [0.5, 0.6) is 0 Å². The van der Waals surface area contributed by atoms with E-state index >= 15 is 0 Å². The number of rotatable bonds is 4. The van der Waals surface area contributed by atoms with Gasteiger partial charge in [0.1, 0.15) is 11.9 Å². The van der Waals surface area contributed by atoms with Gasteiger partial charge in [0.25, 0.3) is 5.91 Å². The van der Waals surface area contributed by atoms with Crippen LogP contribution in [-0.4, -0.2) is 24.4 Å². The first-order chi connectivity index (χ1) is 12.0. The highest BCUT2D eigenvalue weighted by Gasteiger charge is 2.32. The zero-order valence-electron chi connectivity index (χ0n) is 14.3. The first-order valence-corrected chi connectivity index (χ1v) is 8.43. The summed E-state index contributed by atoms with van der Waals surface area (Å²) in [4.78, 5) is 27.2. The standard InChI is InChI=1S/C20H21FN2O2/c1-13(2)18(22-19(24)15-7-9-16(21)10-8-15)20(25)23-12-11-14-5-3-4-6-17(14)23/h3-10,13,18H,11-12H2,1-2H3,(H,22,24). The van der Waals surface area contributed by atoms with Gasteiger partial charge >= 0.3 is 0 Å².